The molecule has 0 spiro atoms. The first kappa shape index (κ1) is 18.1. The summed E-state index contributed by atoms with van der Waals surface area (Å²) in [5.74, 6) is -0.0592. The van der Waals surface area contributed by atoms with Gasteiger partial charge in [0.25, 0.3) is 0 Å². The molecule has 1 aromatic heterocycles. The van der Waals surface area contributed by atoms with Crippen LogP contribution < -0.4 is 5.32 Å². The number of aromatic nitrogens is 1. The van der Waals surface area contributed by atoms with E-state index in [-0.39, 0.29) is 11.8 Å². The van der Waals surface area contributed by atoms with Crippen molar-refractivity contribution < 1.29 is 9.59 Å². The van der Waals surface area contributed by atoms with Crippen LogP contribution in [0.5, 0.6) is 0 Å². The average Bonchev–Trinajstić information content (AvgIpc) is 2.96. The molecule has 0 bridgehead atoms. The van der Waals surface area contributed by atoms with Gasteiger partial charge in [-0.15, -0.1) is 0 Å². The lowest BCUT2D eigenvalue weighted by Crippen LogP contribution is -2.34. The average molecular weight is 351 g/mol. The molecule has 2 aromatic rings. The SMILES string of the molecule is O=C(/C=C\c1cccc2cccnc12)NCCC(=O)N1CCCCCC1. The summed E-state index contributed by atoms with van der Waals surface area (Å²) in [5.41, 5.74) is 1.77. The molecule has 1 saturated heterocycles. The van der Waals surface area contributed by atoms with Crippen molar-refractivity contribution in [2.75, 3.05) is 19.6 Å². The quantitative estimate of drug-likeness (QED) is 0.842. The largest absolute Gasteiger partial charge is 0.352 e. The van der Waals surface area contributed by atoms with Crippen LogP contribution in [0.15, 0.2) is 42.6 Å². The van der Waals surface area contributed by atoms with Gasteiger partial charge in [0.1, 0.15) is 0 Å². The highest BCUT2D eigenvalue weighted by Crippen LogP contribution is 2.17. The number of nitrogens with one attached hydrogen (secondary N) is 1. The van der Waals surface area contributed by atoms with Gasteiger partial charge < -0.3 is 10.2 Å². The number of rotatable bonds is 5. The van der Waals surface area contributed by atoms with Crippen LogP contribution >= 0.6 is 0 Å². The lowest BCUT2D eigenvalue weighted by atomic mass is 10.1. The standard InChI is InChI=1S/C21H25N3O2/c25-19(22-14-12-20(26)24-15-3-1-2-4-16-24)11-10-18-8-5-7-17-9-6-13-23-21(17)18/h5-11,13H,1-4,12,14-16H2,(H,22,25)/b11-10-. The van der Waals surface area contributed by atoms with Crippen LogP contribution in [0.2, 0.25) is 0 Å². The minimum absolute atomic E-state index is 0.134. The van der Waals surface area contributed by atoms with Crippen molar-refractivity contribution in [1.82, 2.24) is 15.2 Å². The zero-order valence-electron chi connectivity index (χ0n) is 15.0. The predicted octanol–water partition coefficient (Wildman–Crippen LogP) is 3.16. The molecule has 1 N–H and O–H groups in total. The first-order valence-corrected chi connectivity index (χ1v) is 9.31. The van der Waals surface area contributed by atoms with E-state index >= 15 is 0 Å². The zero-order chi connectivity index (χ0) is 18.2. The lowest BCUT2D eigenvalue weighted by Gasteiger charge is -2.20. The number of likely N-dealkylation sites (tertiary alicyclic amines) is 1. The second-order valence-electron chi connectivity index (χ2n) is 6.59. The van der Waals surface area contributed by atoms with Crippen LogP contribution in [0, 0.1) is 0 Å². The summed E-state index contributed by atoms with van der Waals surface area (Å²) in [6.45, 7) is 2.06. The van der Waals surface area contributed by atoms with Gasteiger partial charge in [-0.1, -0.05) is 37.1 Å². The summed E-state index contributed by atoms with van der Waals surface area (Å²) in [5, 5.41) is 3.83. The molecule has 0 unspecified atom stereocenters. The van der Waals surface area contributed by atoms with E-state index in [4.69, 9.17) is 0 Å². The summed E-state index contributed by atoms with van der Waals surface area (Å²) in [7, 11) is 0. The molecular weight excluding hydrogens is 326 g/mol. The Labute approximate surface area is 154 Å². The number of pyridine rings is 1. The molecule has 1 aromatic carbocycles. The third-order valence-electron chi connectivity index (χ3n) is 4.68. The Morgan fingerprint density at radius 3 is 2.65 bits per heavy atom. The van der Waals surface area contributed by atoms with Crippen molar-refractivity contribution in [2.45, 2.75) is 32.1 Å². The van der Waals surface area contributed by atoms with E-state index in [1.54, 1.807) is 12.3 Å². The topological polar surface area (TPSA) is 62.3 Å². The van der Waals surface area contributed by atoms with Crippen molar-refractivity contribution in [3.63, 3.8) is 0 Å². The number of fused-ring (bicyclic) bond motifs is 1. The third kappa shape index (κ3) is 4.91. The molecule has 5 heteroatoms. The molecule has 0 atom stereocenters. The molecule has 136 valence electrons. The number of para-hydroxylation sites is 1. The molecule has 0 radical (unpaired) electrons. The zero-order valence-corrected chi connectivity index (χ0v) is 15.0. The van der Waals surface area contributed by atoms with Gasteiger partial charge in [-0.2, -0.15) is 0 Å². The van der Waals surface area contributed by atoms with Gasteiger partial charge in [0.15, 0.2) is 0 Å². The van der Waals surface area contributed by atoms with Crippen LogP contribution in [0.3, 0.4) is 0 Å². The molecule has 2 amide bonds. The number of amides is 2. The minimum atomic E-state index is -0.193. The summed E-state index contributed by atoms with van der Waals surface area (Å²) in [6, 6.07) is 9.76. The Kier molecular flexibility index (Phi) is 6.36. The number of hydrogen-bond donors (Lipinski definition) is 1. The Balaban J connectivity index is 1.49. The van der Waals surface area contributed by atoms with Gasteiger partial charge in [-0.3, -0.25) is 14.6 Å². The van der Waals surface area contributed by atoms with Gasteiger partial charge in [0, 0.05) is 49.3 Å². The van der Waals surface area contributed by atoms with E-state index < -0.39 is 0 Å². The lowest BCUT2D eigenvalue weighted by molar-refractivity contribution is -0.131. The number of benzene rings is 1. The summed E-state index contributed by atoms with van der Waals surface area (Å²) in [4.78, 5) is 30.5. The van der Waals surface area contributed by atoms with Crippen LogP contribution in [0.4, 0.5) is 0 Å². The molecule has 1 aliphatic heterocycles. The summed E-state index contributed by atoms with van der Waals surface area (Å²) < 4.78 is 0. The summed E-state index contributed by atoms with van der Waals surface area (Å²) in [6.07, 6.45) is 9.94. The number of nitrogens with zero attached hydrogens (tertiary/aromatic N) is 2. The molecule has 26 heavy (non-hydrogen) atoms. The molecule has 2 heterocycles. The van der Waals surface area contributed by atoms with E-state index in [0.717, 1.165) is 42.4 Å². The predicted molar refractivity (Wildman–Crippen MR) is 103 cm³/mol. The Bertz CT molecular complexity index is 787. The number of carbonyl (C=O) groups excluding carboxylic acids is 2. The van der Waals surface area contributed by atoms with E-state index in [2.05, 4.69) is 10.3 Å². The smallest absolute Gasteiger partial charge is 0.244 e. The van der Waals surface area contributed by atoms with E-state index in [1.165, 1.54) is 18.9 Å². The Morgan fingerprint density at radius 1 is 1.08 bits per heavy atom. The number of hydrogen-bond acceptors (Lipinski definition) is 3. The van der Waals surface area contributed by atoms with Gasteiger partial charge >= 0.3 is 0 Å². The maximum Gasteiger partial charge on any atom is 0.244 e. The molecule has 0 saturated carbocycles. The first-order valence-electron chi connectivity index (χ1n) is 9.31. The van der Waals surface area contributed by atoms with Gasteiger partial charge in [0.05, 0.1) is 5.52 Å². The highest BCUT2D eigenvalue weighted by atomic mass is 16.2. The normalized spacial score (nSPS) is 15.2. The number of carbonyl (C=O) groups is 2. The van der Waals surface area contributed by atoms with Gasteiger partial charge in [0.2, 0.25) is 11.8 Å². The van der Waals surface area contributed by atoms with Crippen molar-refractivity contribution in [2.24, 2.45) is 0 Å². The van der Waals surface area contributed by atoms with Crippen molar-refractivity contribution in [1.29, 1.82) is 0 Å². The van der Waals surface area contributed by atoms with Crippen LogP contribution in [-0.4, -0.2) is 41.3 Å². The van der Waals surface area contributed by atoms with Crippen molar-refractivity contribution in [3.05, 3.63) is 48.2 Å². The monoisotopic (exact) mass is 351 g/mol. The third-order valence-corrected chi connectivity index (χ3v) is 4.68. The first-order chi connectivity index (χ1) is 12.7. The molecule has 5 nitrogen and oxygen atoms in total. The fourth-order valence-corrected chi connectivity index (χ4v) is 3.26. The molecule has 1 fully saturated rings. The maximum absolute atomic E-state index is 12.2. The highest BCUT2D eigenvalue weighted by Gasteiger charge is 2.14. The highest BCUT2D eigenvalue weighted by molar-refractivity contribution is 5.95. The van der Waals surface area contributed by atoms with Crippen molar-refractivity contribution >= 4 is 28.8 Å². The van der Waals surface area contributed by atoms with E-state index in [9.17, 15) is 9.59 Å². The maximum atomic E-state index is 12.2. The van der Waals surface area contributed by atoms with Gasteiger partial charge in [-0.25, -0.2) is 0 Å². The fraction of sp³-hybridized carbons (Fsp3) is 0.381. The molecule has 1 aliphatic rings. The van der Waals surface area contributed by atoms with Gasteiger partial charge in [-0.05, 0) is 25.0 Å². The molecule has 0 aliphatic carbocycles. The van der Waals surface area contributed by atoms with Crippen LogP contribution in [-0.2, 0) is 9.59 Å². The second kappa shape index (κ2) is 9.13. The molecule has 3 rings (SSSR count). The second-order valence-corrected chi connectivity index (χ2v) is 6.59. The minimum Gasteiger partial charge on any atom is -0.352 e. The van der Waals surface area contributed by atoms with E-state index in [1.807, 2.05) is 35.2 Å². The summed E-state index contributed by atoms with van der Waals surface area (Å²) >= 11 is 0. The fourth-order valence-electron chi connectivity index (χ4n) is 3.26. The van der Waals surface area contributed by atoms with Crippen molar-refractivity contribution in [3.8, 4) is 0 Å². The van der Waals surface area contributed by atoms with Crippen LogP contribution in [0.1, 0.15) is 37.7 Å². The van der Waals surface area contributed by atoms with E-state index in [0.29, 0.717) is 13.0 Å². The Morgan fingerprint density at radius 2 is 1.85 bits per heavy atom. The Hall–Kier alpha value is -2.69. The van der Waals surface area contributed by atoms with Crippen LogP contribution in [0.25, 0.3) is 17.0 Å². The molecular formula is C21H25N3O2.